The molecule has 11 heteroatoms. The molecule has 1 aromatic heterocycles. The van der Waals surface area contributed by atoms with Gasteiger partial charge in [0.2, 0.25) is 0 Å². The van der Waals surface area contributed by atoms with Crippen LogP contribution >= 0.6 is 0 Å². The van der Waals surface area contributed by atoms with E-state index in [4.69, 9.17) is 4.74 Å². The molecule has 0 radical (unpaired) electrons. The Hall–Kier alpha value is -3.99. The molecule has 1 aliphatic heterocycles. The molecule has 0 aliphatic carbocycles. The number of hydrogen-bond acceptors (Lipinski definition) is 8. The third-order valence-electron chi connectivity index (χ3n) is 6.67. The highest BCUT2D eigenvalue weighted by molar-refractivity contribution is 6.46. The summed E-state index contributed by atoms with van der Waals surface area (Å²) in [5, 5.41) is 22.6. The number of aliphatic hydroxyl groups is 1. The van der Waals surface area contributed by atoms with Gasteiger partial charge in [0.1, 0.15) is 11.5 Å². The lowest BCUT2D eigenvalue weighted by Gasteiger charge is -2.28. The number of aromatic nitrogens is 1. The lowest BCUT2D eigenvalue weighted by Crippen LogP contribution is -2.38. The minimum atomic E-state index is -0.962. The first-order chi connectivity index (χ1) is 17.6. The SMILES string of the molecule is CCOC(=O)c1[nH]c(C)c(/C(O)=C2\C(=O)C(=O)N(CCN(CC)CC)C2c2ccc([N+](=O)[O-])cc2)c1C. The molecule has 11 nitrogen and oxygen atoms in total. The van der Waals surface area contributed by atoms with Crippen molar-refractivity contribution in [2.75, 3.05) is 32.8 Å². The second kappa shape index (κ2) is 11.4. The molecular weight excluding hydrogens is 480 g/mol. The number of likely N-dealkylation sites (N-methyl/N-ethyl adjacent to an activating group) is 1. The van der Waals surface area contributed by atoms with Crippen molar-refractivity contribution in [2.45, 2.75) is 40.7 Å². The Morgan fingerprint density at radius 2 is 1.78 bits per heavy atom. The zero-order chi connectivity index (χ0) is 27.4. The number of Topliss-reactive ketones (excluding diaryl/α,β-unsaturated/α-hetero) is 1. The van der Waals surface area contributed by atoms with E-state index in [0.717, 1.165) is 13.1 Å². The highest BCUT2D eigenvalue weighted by atomic mass is 16.6. The number of non-ortho nitro benzene ring substituents is 1. The van der Waals surface area contributed by atoms with Crippen LogP contribution in [0.2, 0.25) is 0 Å². The number of carbonyl (C=O) groups excluding carboxylic acids is 3. The Morgan fingerprint density at radius 1 is 1.16 bits per heavy atom. The molecule has 1 aromatic carbocycles. The number of aryl methyl sites for hydroxylation is 1. The molecule has 2 heterocycles. The number of hydrogen-bond donors (Lipinski definition) is 2. The van der Waals surface area contributed by atoms with Gasteiger partial charge in [-0.05, 0) is 57.1 Å². The van der Waals surface area contributed by atoms with Gasteiger partial charge in [-0.15, -0.1) is 0 Å². The number of aromatic amines is 1. The Balaban J connectivity index is 2.18. The van der Waals surface area contributed by atoms with Crippen molar-refractivity contribution in [3.63, 3.8) is 0 Å². The summed E-state index contributed by atoms with van der Waals surface area (Å²) in [6, 6.07) is 4.59. The minimum absolute atomic E-state index is 0.139. The number of benzene rings is 1. The molecule has 2 N–H and O–H groups in total. The standard InChI is InChI=1S/C26H32N4O7/c1-6-28(7-2)13-14-29-22(17-9-11-18(12-10-17)30(35)36)20(24(32)25(29)33)23(31)19-15(4)21(27-16(19)5)26(34)37-8-3/h9-12,22,27,31H,6-8,13-14H2,1-5H3/b23-20+. The minimum Gasteiger partial charge on any atom is -0.507 e. The third-order valence-corrected chi connectivity index (χ3v) is 6.67. The zero-order valence-electron chi connectivity index (χ0n) is 21.7. The molecule has 198 valence electrons. The first-order valence-corrected chi connectivity index (χ1v) is 12.2. The topological polar surface area (TPSA) is 146 Å². The van der Waals surface area contributed by atoms with Crippen LogP contribution in [0.4, 0.5) is 5.69 Å². The lowest BCUT2D eigenvalue weighted by molar-refractivity contribution is -0.384. The van der Waals surface area contributed by atoms with Crippen molar-refractivity contribution < 1.29 is 29.2 Å². The van der Waals surface area contributed by atoms with E-state index < -0.39 is 34.4 Å². The van der Waals surface area contributed by atoms with Gasteiger partial charge in [-0.1, -0.05) is 13.8 Å². The fraction of sp³-hybridized carbons (Fsp3) is 0.423. The van der Waals surface area contributed by atoms with Gasteiger partial charge in [0.25, 0.3) is 17.4 Å². The van der Waals surface area contributed by atoms with Crippen LogP contribution in [0, 0.1) is 24.0 Å². The summed E-state index contributed by atoms with van der Waals surface area (Å²) in [5.74, 6) is -2.66. The summed E-state index contributed by atoms with van der Waals surface area (Å²) < 4.78 is 5.08. The van der Waals surface area contributed by atoms with E-state index in [0.29, 0.717) is 23.4 Å². The molecule has 1 amide bonds. The van der Waals surface area contributed by atoms with Crippen LogP contribution in [0.1, 0.15) is 59.7 Å². The molecular formula is C26H32N4O7. The van der Waals surface area contributed by atoms with Crippen molar-refractivity contribution in [3.8, 4) is 0 Å². The van der Waals surface area contributed by atoms with Crippen LogP contribution in [0.25, 0.3) is 5.76 Å². The smallest absolute Gasteiger partial charge is 0.355 e. The van der Waals surface area contributed by atoms with Crippen LogP contribution in [0.3, 0.4) is 0 Å². The zero-order valence-corrected chi connectivity index (χ0v) is 21.7. The maximum absolute atomic E-state index is 13.3. The normalized spacial score (nSPS) is 17.0. The number of esters is 1. The highest BCUT2D eigenvalue weighted by Gasteiger charge is 2.46. The molecule has 37 heavy (non-hydrogen) atoms. The average molecular weight is 513 g/mol. The summed E-state index contributed by atoms with van der Waals surface area (Å²) >= 11 is 0. The number of nitrogens with one attached hydrogen (secondary N) is 1. The first kappa shape index (κ1) is 27.6. The van der Waals surface area contributed by atoms with E-state index in [1.54, 1.807) is 20.8 Å². The molecule has 0 bridgehead atoms. The van der Waals surface area contributed by atoms with E-state index in [2.05, 4.69) is 9.88 Å². The Kier molecular flexibility index (Phi) is 8.49. The predicted molar refractivity (Wildman–Crippen MR) is 136 cm³/mol. The molecule has 1 aliphatic rings. The van der Waals surface area contributed by atoms with Crippen molar-refractivity contribution in [1.82, 2.24) is 14.8 Å². The third kappa shape index (κ3) is 5.26. The highest BCUT2D eigenvalue weighted by Crippen LogP contribution is 2.41. The summed E-state index contributed by atoms with van der Waals surface area (Å²) in [6.07, 6.45) is 0. The van der Waals surface area contributed by atoms with Gasteiger partial charge < -0.3 is 24.6 Å². The summed E-state index contributed by atoms with van der Waals surface area (Å²) in [6.45, 7) is 11.3. The lowest BCUT2D eigenvalue weighted by atomic mass is 9.94. The number of nitro benzene ring substituents is 1. The first-order valence-electron chi connectivity index (χ1n) is 12.2. The molecule has 0 saturated carbocycles. The van der Waals surface area contributed by atoms with Gasteiger partial charge in [-0.25, -0.2) is 4.79 Å². The second-order valence-electron chi connectivity index (χ2n) is 8.71. The number of aliphatic hydroxyl groups excluding tert-OH is 1. The molecule has 1 atom stereocenters. The summed E-state index contributed by atoms with van der Waals surface area (Å²) in [4.78, 5) is 55.9. The van der Waals surface area contributed by atoms with Crippen molar-refractivity contribution in [2.24, 2.45) is 0 Å². The monoisotopic (exact) mass is 512 g/mol. The van der Waals surface area contributed by atoms with E-state index >= 15 is 0 Å². The van der Waals surface area contributed by atoms with E-state index in [1.807, 2.05) is 13.8 Å². The van der Waals surface area contributed by atoms with Crippen LogP contribution in [-0.2, 0) is 14.3 Å². The Bertz CT molecular complexity index is 1240. The number of ether oxygens (including phenoxy) is 1. The second-order valence-corrected chi connectivity index (χ2v) is 8.71. The van der Waals surface area contributed by atoms with Crippen molar-refractivity contribution in [3.05, 3.63) is 68.0 Å². The molecule has 0 spiro atoms. The number of carbonyl (C=O) groups is 3. The maximum Gasteiger partial charge on any atom is 0.355 e. The van der Waals surface area contributed by atoms with Gasteiger partial charge in [-0.3, -0.25) is 19.7 Å². The largest absolute Gasteiger partial charge is 0.507 e. The van der Waals surface area contributed by atoms with Gasteiger partial charge in [0, 0.05) is 36.5 Å². The van der Waals surface area contributed by atoms with E-state index in [-0.39, 0.29) is 35.7 Å². The van der Waals surface area contributed by atoms with Gasteiger partial charge in [0.15, 0.2) is 0 Å². The average Bonchev–Trinajstić information content (AvgIpc) is 3.31. The number of likely N-dealkylation sites (tertiary alicyclic amines) is 1. The van der Waals surface area contributed by atoms with Crippen LogP contribution in [0.5, 0.6) is 0 Å². The number of nitrogens with zero attached hydrogens (tertiary/aromatic N) is 3. The van der Waals surface area contributed by atoms with E-state index in [1.165, 1.54) is 29.2 Å². The molecule has 1 fully saturated rings. The summed E-state index contributed by atoms with van der Waals surface area (Å²) in [7, 11) is 0. The number of amides is 1. The van der Waals surface area contributed by atoms with Crippen LogP contribution < -0.4 is 0 Å². The summed E-state index contributed by atoms with van der Waals surface area (Å²) in [5.41, 5.74) is 1.35. The predicted octanol–water partition coefficient (Wildman–Crippen LogP) is 3.48. The quantitative estimate of drug-likeness (QED) is 0.123. The van der Waals surface area contributed by atoms with Crippen LogP contribution in [-0.4, -0.2) is 75.3 Å². The maximum atomic E-state index is 13.3. The number of H-pyrrole nitrogens is 1. The number of nitro groups is 1. The van der Waals surface area contributed by atoms with E-state index in [9.17, 15) is 29.6 Å². The Morgan fingerprint density at radius 3 is 2.32 bits per heavy atom. The van der Waals surface area contributed by atoms with Gasteiger partial charge >= 0.3 is 5.97 Å². The van der Waals surface area contributed by atoms with Crippen molar-refractivity contribution in [1.29, 1.82) is 0 Å². The fourth-order valence-electron chi connectivity index (χ4n) is 4.67. The fourth-order valence-corrected chi connectivity index (χ4v) is 4.67. The number of ketones is 1. The van der Waals surface area contributed by atoms with Gasteiger partial charge in [-0.2, -0.15) is 0 Å². The van der Waals surface area contributed by atoms with Gasteiger partial charge in [0.05, 0.1) is 23.1 Å². The number of rotatable bonds is 10. The van der Waals surface area contributed by atoms with Crippen molar-refractivity contribution >= 4 is 29.1 Å². The molecule has 1 saturated heterocycles. The molecule has 3 rings (SSSR count). The molecule has 1 unspecified atom stereocenters. The molecule has 2 aromatic rings. The van der Waals surface area contributed by atoms with Crippen LogP contribution in [0.15, 0.2) is 29.8 Å². The Labute approximate surface area is 214 Å².